The molecule has 0 radical (unpaired) electrons. The Morgan fingerprint density at radius 2 is 2.17 bits per heavy atom. The zero-order valence-electron chi connectivity index (χ0n) is 14.9. The number of urea groups is 1. The van der Waals surface area contributed by atoms with Crippen molar-refractivity contribution in [2.75, 3.05) is 32.8 Å². The predicted octanol–water partition coefficient (Wildman–Crippen LogP) is 1.25. The van der Waals surface area contributed by atoms with Crippen LogP contribution >= 0.6 is 0 Å². The van der Waals surface area contributed by atoms with Crippen LogP contribution in [-0.2, 0) is 4.74 Å². The van der Waals surface area contributed by atoms with Crippen LogP contribution in [0.5, 0.6) is 0 Å². The van der Waals surface area contributed by atoms with Crippen molar-refractivity contribution < 1.29 is 13.9 Å². The van der Waals surface area contributed by atoms with Gasteiger partial charge in [-0.15, -0.1) is 0 Å². The molecule has 1 rings (SSSR count). The molecule has 4 N–H and O–H groups in total. The number of rotatable bonds is 8. The lowest BCUT2D eigenvalue weighted by Crippen LogP contribution is -2.50. The Kier molecular flexibility index (Phi) is 8.22. The minimum Gasteiger partial charge on any atom is -0.380 e. The highest BCUT2D eigenvalue weighted by Crippen LogP contribution is 2.19. The first kappa shape index (κ1) is 20.1. The van der Waals surface area contributed by atoms with Gasteiger partial charge >= 0.3 is 6.03 Å². The van der Waals surface area contributed by atoms with E-state index in [1.54, 1.807) is 0 Å². The molecule has 0 aromatic rings. The van der Waals surface area contributed by atoms with Crippen molar-refractivity contribution in [3.05, 3.63) is 0 Å². The summed E-state index contributed by atoms with van der Waals surface area (Å²) in [5.41, 5.74) is 5.11. The molecule has 1 aliphatic heterocycles. The first-order chi connectivity index (χ1) is 10.7. The average Bonchev–Trinajstić information content (AvgIpc) is 2.78. The Balaban J connectivity index is 2.54. The van der Waals surface area contributed by atoms with Crippen LogP contribution in [0.15, 0.2) is 0 Å². The summed E-state index contributed by atoms with van der Waals surface area (Å²) < 4.78 is 19.3. The maximum atomic E-state index is 13.7. The summed E-state index contributed by atoms with van der Waals surface area (Å²) in [6.07, 6.45) is 0.668. The lowest BCUT2D eigenvalue weighted by atomic mass is 10.1. The second kappa shape index (κ2) is 9.39. The van der Waals surface area contributed by atoms with Gasteiger partial charge in [0.15, 0.2) is 0 Å². The van der Waals surface area contributed by atoms with Crippen LogP contribution in [0.1, 0.15) is 40.5 Å². The molecule has 1 heterocycles. The topological polar surface area (TPSA) is 79.6 Å². The molecule has 1 aliphatic rings. The number of hydrogen-bond donors (Lipinski definition) is 3. The van der Waals surface area contributed by atoms with E-state index < -0.39 is 6.17 Å². The minimum atomic E-state index is -1.05. The summed E-state index contributed by atoms with van der Waals surface area (Å²) in [5.74, 6) is 0. The molecular weight excluding hydrogens is 299 g/mol. The van der Waals surface area contributed by atoms with Gasteiger partial charge in [0.2, 0.25) is 0 Å². The third-order valence-corrected chi connectivity index (χ3v) is 3.70. The molecule has 0 bridgehead atoms. The number of hydrogen-bond acceptors (Lipinski definition) is 4. The maximum Gasteiger partial charge on any atom is 0.315 e. The monoisotopic (exact) mass is 332 g/mol. The highest BCUT2D eigenvalue weighted by molar-refractivity contribution is 5.75. The first-order valence-corrected chi connectivity index (χ1v) is 8.49. The van der Waals surface area contributed by atoms with E-state index in [2.05, 4.69) is 17.6 Å². The van der Waals surface area contributed by atoms with E-state index in [1.165, 1.54) is 0 Å². The van der Waals surface area contributed by atoms with Gasteiger partial charge in [-0.3, -0.25) is 4.90 Å². The molecule has 7 heteroatoms. The lowest BCUT2D eigenvalue weighted by molar-refractivity contribution is 0.0680. The highest BCUT2D eigenvalue weighted by atomic mass is 19.1. The normalized spacial score (nSPS) is 23.7. The smallest absolute Gasteiger partial charge is 0.315 e. The summed E-state index contributed by atoms with van der Waals surface area (Å²) in [5, 5.41) is 5.86. The quantitative estimate of drug-likeness (QED) is 0.585. The fourth-order valence-electron chi connectivity index (χ4n) is 2.74. The van der Waals surface area contributed by atoms with Crippen molar-refractivity contribution in [2.45, 2.75) is 64.3 Å². The number of alkyl halides is 1. The molecule has 1 fully saturated rings. The number of halogens is 1. The Hall–Kier alpha value is -0.920. The third kappa shape index (κ3) is 7.94. The molecule has 0 aromatic carbocycles. The number of amides is 2. The summed E-state index contributed by atoms with van der Waals surface area (Å²) >= 11 is 0. The largest absolute Gasteiger partial charge is 0.380 e. The summed E-state index contributed by atoms with van der Waals surface area (Å²) in [4.78, 5) is 14.0. The number of nitrogens with one attached hydrogen (secondary N) is 2. The van der Waals surface area contributed by atoms with Crippen LogP contribution in [0.2, 0.25) is 0 Å². The minimum absolute atomic E-state index is 0.00227. The second-order valence-electron chi connectivity index (χ2n) is 7.30. The molecule has 0 saturated carbocycles. The van der Waals surface area contributed by atoms with Crippen LogP contribution < -0.4 is 16.4 Å². The molecule has 0 unspecified atom stereocenters. The van der Waals surface area contributed by atoms with E-state index in [4.69, 9.17) is 10.5 Å². The van der Waals surface area contributed by atoms with Gasteiger partial charge in [0.25, 0.3) is 0 Å². The number of carbonyl (C=O) groups is 1. The van der Waals surface area contributed by atoms with Crippen molar-refractivity contribution in [3.63, 3.8) is 0 Å². The van der Waals surface area contributed by atoms with Gasteiger partial charge in [-0.2, -0.15) is 0 Å². The van der Waals surface area contributed by atoms with E-state index in [-0.39, 0.29) is 36.7 Å². The summed E-state index contributed by atoms with van der Waals surface area (Å²) in [7, 11) is 0. The Bertz CT molecular complexity index is 362. The highest BCUT2D eigenvalue weighted by Gasteiger charge is 2.34. The molecule has 23 heavy (non-hydrogen) atoms. The number of likely N-dealkylation sites (tertiary alicyclic amines) is 1. The van der Waals surface area contributed by atoms with Gasteiger partial charge in [0, 0.05) is 43.9 Å². The van der Waals surface area contributed by atoms with Crippen molar-refractivity contribution in [3.8, 4) is 0 Å². The average molecular weight is 332 g/mol. The molecular formula is C16H33FN4O2. The Labute approximate surface area is 139 Å². The SMILES string of the molecule is CCCOC[C@@H]1C[C@@H](NC(=O)NC(C)(C)C)CN1C[C@@H](F)CN. The fourth-order valence-corrected chi connectivity index (χ4v) is 2.74. The van der Waals surface area contributed by atoms with Crippen molar-refractivity contribution >= 4 is 6.03 Å². The fraction of sp³-hybridized carbons (Fsp3) is 0.938. The van der Waals surface area contributed by atoms with Gasteiger partial charge in [0.05, 0.1) is 6.61 Å². The molecule has 2 amide bonds. The summed E-state index contributed by atoms with van der Waals surface area (Å²) in [6.45, 7) is 10.0. The lowest BCUT2D eigenvalue weighted by Gasteiger charge is -2.25. The van der Waals surface area contributed by atoms with Crippen molar-refractivity contribution in [1.82, 2.24) is 15.5 Å². The van der Waals surface area contributed by atoms with Crippen LogP contribution in [0, 0.1) is 0 Å². The van der Waals surface area contributed by atoms with Crippen LogP contribution in [0.4, 0.5) is 9.18 Å². The van der Waals surface area contributed by atoms with E-state index in [0.29, 0.717) is 19.8 Å². The van der Waals surface area contributed by atoms with E-state index in [9.17, 15) is 9.18 Å². The molecule has 1 saturated heterocycles. The standard InChI is InChI=1S/C16H33FN4O2/c1-5-6-23-11-14-7-13(10-21(14)9-12(17)8-18)19-15(22)20-16(2,3)4/h12-14H,5-11,18H2,1-4H3,(H2,19,20,22)/t12-,13+,14-/m0/s1. The summed E-state index contributed by atoms with van der Waals surface area (Å²) in [6, 6.07) is -0.0722. The number of nitrogens with two attached hydrogens (primary N) is 1. The van der Waals surface area contributed by atoms with Crippen molar-refractivity contribution in [1.29, 1.82) is 0 Å². The zero-order chi connectivity index (χ0) is 17.5. The first-order valence-electron chi connectivity index (χ1n) is 8.49. The van der Waals surface area contributed by atoms with Gasteiger partial charge < -0.3 is 21.1 Å². The van der Waals surface area contributed by atoms with Crippen LogP contribution in [-0.4, -0.2) is 67.6 Å². The Morgan fingerprint density at radius 3 is 2.74 bits per heavy atom. The van der Waals surface area contributed by atoms with Crippen LogP contribution in [0.3, 0.4) is 0 Å². The number of ether oxygens (including phenoxy) is 1. The maximum absolute atomic E-state index is 13.7. The predicted molar refractivity (Wildman–Crippen MR) is 90.2 cm³/mol. The molecule has 0 spiro atoms. The molecule has 3 atom stereocenters. The van der Waals surface area contributed by atoms with E-state index in [1.807, 2.05) is 25.7 Å². The van der Waals surface area contributed by atoms with E-state index >= 15 is 0 Å². The third-order valence-electron chi connectivity index (χ3n) is 3.70. The molecule has 0 aliphatic carbocycles. The van der Waals surface area contributed by atoms with Gasteiger partial charge in [-0.1, -0.05) is 6.92 Å². The molecule has 0 aromatic heterocycles. The molecule has 6 nitrogen and oxygen atoms in total. The molecule has 136 valence electrons. The Morgan fingerprint density at radius 1 is 1.48 bits per heavy atom. The second-order valence-corrected chi connectivity index (χ2v) is 7.30. The van der Waals surface area contributed by atoms with E-state index in [0.717, 1.165) is 12.8 Å². The number of nitrogens with zero attached hydrogens (tertiary/aromatic N) is 1. The van der Waals surface area contributed by atoms with Gasteiger partial charge in [-0.25, -0.2) is 9.18 Å². The zero-order valence-corrected chi connectivity index (χ0v) is 14.9. The van der Waals surface area contributed by atoms with Gasteiger partial charge in [-0.05, 0) is 33.6 Å². The van der Waals surface area contributed by atoms with Crippen LogP contribution in [0.25, 0.3) is 0 Å². The van der Waals surface area contributed by atoms with Crippen molar-refractivity contribution in [2.24, 2.45) is 5.73 Å². The van der Waals surface area contributed by atoms with Gasteiger partial charge in [0.1, 0.15) is 6.17 Å². The number of carbonyl (C=O) groups excluding carboxylic acids is 1.